The van der Waals surface area contributed by atoms with Gasteiger partial charge in [-0.2, -0.15) is 4.31 Å². The third kappa shape index (κ3) is 3.86. The standard InChI is InChI=1S/C18H23N3O3S.ClH/c1-13(22)20-17-9-10-18(16-8-3-2-7-15(16)17)25(23,24)21-11-5-4-6-14(21)12-19;/h2-3,7-10,14H,4-6,11-12,19H2,1H3,(H,20,22);1H. The first-order chi connectivity index (χ1) is 11.9. The molecule has 1 fully saturated rings. The fraction of sp³-hybridized carbons (Fsp3) is 0.389. The second-order valence-corrected chi connectivity index (χ2v) is 8.20. The molecule has 8 heteroatoms. The van der Waals surface area contributed by atoms with Crippen LogP contribution in [0.5, 0.6) is 0 Å². The number of nitrogens with one attached hydrogen (secondary N) is 1. The van der Waals surface area contributed by atoms with Crippen molar-refractivity contribution in [2.45, 2.75) is 37.1 Å². The van der Waals surface area contributed by atoms with Crippen molar-refractivity contribution in [1.82, 2.24) is 4.31 Å². The highest BCUT2D eigenvalue weighted by molar-refractivity contribution is 7.89. The van der Waals surface area contributed by atoms with Gasteiger partial charge in [-0.25, -0.2) is 8.42 Å². The topological polar surface area (TPSA) is 92.5 Å². The number of hydrogen-bond acceptors (Lipinski definition) is 4. The Morgan fingerprint density at radius 1 is 1.19 bits per heavy atom. The summed E-state index contributed by atoms with van der Waals surface area (Å²) in [6.07, 6.45) is 2.63. The van der Waals surface area contributed by atoms with Crippen molar-refractivity contribution in [3.63, 3.8) is 0 Å². The van der Waals surface area contributed by atoms with Crippen LogP contribution < -0.4 is 11.1 Å². The summed E-state index contributed by atoms with van der Waals surface area (Å²) < 4.78 is 28.1. The van der Waals surface area contributed by atoms with Gasteiger partial charge >= 0.3 is 0 Å². The van der Waals surface area contributed by atoms with E-state index in [0.29, 0.717) is 29.5 Å². The van der Waals surface area contributed by atoms with Gasteiger partial charge in [0.15, 0.2) is 0 Å². The summed E-state index contributed by atoms with van der Waals surface area (Å²) in [5.41, 5.74) is 6.41. The van der Waals surface area contributed by atoms with Gasteiger partial charge in [0.05, 0.1) is 4.90 Å². The van der Waals surface area contributed by atoms with Crippen LogP contribution in [0.1, 0.15) is 26.2 Å². The number of fused-ring (bicyclic) bond motifs is 1. The number of hydrogen-bond donors (Lipinski definition) is 2. The number of nitrogens with zero attached hydrogens (tertiary/aromatic N) is 1. The molecule has 0 radical (unpaired) electrons. The maximum Gasteiger partial charge on any atom is 0.243 e. The molecule has 1 unspecified atom stereocenters. The third-order valence-electron chi connectivity index (χ3n) is 4.63. The predicted octanol–water partition coefficient (Wildman–Crippen LogP) is 2.72. The summed E-state index contributed by atoms with van der Waals surface area (Å²) in [5.74, 6) is -0.194. The van der Waals surface area contributed by atoms with Crippen LogP contribution in [-0.2, 0) is 14.8 Å². The number of sulfonamides is 1. The molecule has 1 aliphatic rings. The molecule has 3 rings (SSSR count). The van der Waals surface area contributed by atoms with Gasteiger partial charge in [-0.15, -0.1) is 12.4 Å². The number of rotatable bonds is 4. The van der Waals surface area contributed by atoms with Crippen LogP contribution in [0.4, 0.5) is 5.69 Å². The number of anilines is 1. The minimum atomic E-state index is -3.65. The second-order valence-electron chi connectivity index (χ2n) is 6.34. The minimum absolute atomic E-state index is 0. The number of halogens is 1. The second kappa shape index (κ2) is 8.35. The molecule has 2 aromatic carbocycles. The number of piperidine rings is 1. The molecule has 1 aliphatic heterocycles. The molecule has 0 aliphatic carbocycles. The summed E-state index contributed by atoms with van der Waals surface area (Å²) in [4.78, 5) is 11.7. The van der Waals surface area contributed by atoms with Crippen LogP contribution in [0.3, 0.4) is 0 Å². The summed E-state index contributed by atoms with van der Waals surface area (Å²) in [7, 11) is -3.65. The Bertz CT molecular complexity index is 902. The lowest BCUT2D eigenvalue weighted by atomic mass is 10.1. The molecule has 1 heterocycles. The van der Waals surface area contributed by atoms with E-state index in [4.69, 9.17) is 5.73 Å². The molecule has 1 saturated heterocycles. The van der Waals surface area contributed by atoms with Gasteiger partial charge in [0, 0.05) is 42.5 Å². The van der Waals surface area contributed by atoms with Gasteiger partial charge in [0.25, 0.3) is 0 Å². The van der Waals surface area contributed by atoms with E-state index in [1.807, 2.05) is 12.1 Å². The van der Waals surface area contributed by atoms with Crippen LogP contribution in [0, 0.1) is 0 Å². The molecular weight excluding hydrogens is 374 g/mol. The lowest BCUT2D eigenvalue weighted by Gasteiger charge is -2.34. The molecule has 2 aromatic rings. The molecule has 0 bridgehead atoms. The maximum absolute atomic E-state index is 13.3. The van der Waals surface area contributed by atoms with E-state index in [0.717, 1.165) is 19.3 Å². The van der Waals surface area contributed by atoms with E-state index in [1.165, 1.54) is 11.2 Å². The summed E-state index contributed by atoms with van der Waals surface area (Å²) in [6.45, 7) is 2.24. The molecule has 0 saturated carbocycles. The number of benzene rings is 2. The predicted molar refractivity (Wildman–Crippen MR) is 106 cm³/mol. The lowest BCUT2D eigenvalue weighted by molar-refractivity contribution is -0.114. The van der Waals surface area contributed by atoms with Crippen LogP contribution in [0.15, 0.2) is 41.3 Å². The Morgan fingerprint density at radius 3 is 2.54 bits per heavy atom. The smallest absolute Gasteiger partial charge is 0.243 e. The number of amides is 1. The first-order valence-electron chi connectivity index (χ1n) is 8.46. The molecule has 0 aromatic heterocycles. The molecule has 0 spiro atoms. The molecule has 26 heavy (non-hydrogen) atoms. The maximum atomic E-state index is 13.3. The Kier molecular flexibility index (Phi) is 6.63. The molecule has 3 N–H and O–H groups in total. The highest BCUT2D eigenvalue weighted by Gasteiger charge is 2.33. The van der Waals surface area contributed by atoms with E-state index >= 15 is 0 Å². The first kappa shape index (κ1) is 20.6. The van der Waals surface area contributed by atoms with Crippen LogP contribution >= 0.6 is 12.4 Å². The van der Waals surface area contributed by atoms with Crippen molar-refractivity contribution in [1.29, 1.82) is 0 Å². The quantitative estimate of drug-likeness (QED) is 0.829. The van der Waals surface area contributed by atoms with Gasteiger partial charge in [-0.05, 0) is 25.0 Å². The summed E-state index contributed by atoms with van der Waals surface area (Å²) >= 11 is 0. The van der Waals surface area contributed by atoms with E-state index in [1.54, 1.807) is 24.3 Å². The molecular formula is C18H24ClN3O3S. The Morgan fingerprint density at radius 2 is 1.88 bits per heavy atom. The monoisotopic (exact) mass is 397 g/mol. The van der Waals surface area contributed by atoms with Crippen molar-refractivity contribution in [2.75, 3.05) is 18.4 Å². The van der Waals surface area contributed by atoms with Crippen molar-refractivity contribution in [3.8, 4) is 0 Å². The van der Waals surface area contributed by atoms with Crippen LogP contribution in [0.25, 0.3) is 10.8 Å². The average Bonchev–Trinajstić information content (AvgIpc) is 2.61. The minimum Gasteiger partial charge on any atom is -0.329 e. The Labute approximate surface area is 160 Å². The van der Waals surface area contributed by atoms with Crippen molar-refractivity contribution >= 4 is 44.8 Å². The number of carbonyl (C=O) groups is 1. The number of carbonyl (C=O) groups excluding carboxylic acids is 1. The Balaban J connectivity index is 0.00000243. The van der Waals surface area contributed by atoms with Gasteiger partial charge in [-0.1, -0.05) is 30.7 Å². The lowest BCUT2D eigenvalue weighted by Crippen LogP contribution is -2.47. The Hall–Kier alpha value is -1.67. The first-order valence-corrected chi connectivity index (χ1v) is 9.90. The SMILES string of the molecule is CC(=O)Nc1ccc(S(=O)(=O)N2CCCCC2CN)c2ccccc12.Cl. The zero-order valence-corrected chi connectivity index (χ0v) is 16.3. The van der Waals surface area contributed by atoms with Crippen molar-refractivity contribution in [3.05, 3.63) is 36.4 Å². The van der Waals surface area contributed by atoms with Crippen molar-refractivity contribution < 1.29 is 13.2 Å². The zero-order valence-electron chi connectivity index (χ0n) is 14.6. The van der Waals surface area contributed by atoms with Crippen LogP contribution in [0.2, 0.25) is 0 Å². The molecule has 6 nitrogen and oxygen atoms in total. The van der Waals surface area contributed by atoms with Crippen LogP contribution in [-0.4, -0.2) is 37.8 Å². The van der Waals surface area contributed by atoms with Gasteiger partial charge < -0.3 is 11.1 Å². The highest BCUT2D eigenvalue weighted by atomic mass is 35.5. The normalized spacial score (nSPS) is 18.3. The van der Waals surface area contributed by atoms with E-state index in [2.05, 4.69) is 5.32 Å². The van der Waals surface area contributed by atoms with E-state index in [-0.39, 0.29) is 29.3 Å². The van der Waals surface area contributed by atoms with Crippen molar-refractivity contribution in [2.24, 2.45) is 5.73 Å². The molecule has 142 valence electrons. The average molecular weight is 398 g/mol. The fourth-order valence-electron chi connectivity index (χ4n) is 3.45. The molecule has 1 atom stereocenters. The van der Waals surface area contributed by atoms with Gasteiger partial charge in [-0.3, -0.25) is 4.79 Å². The largest absolute Gasteiger partial charge is 0.329 e. The summed E-state index contributed by atoms with van der Waals surface area (Å²) in [6, 6.07) is 10.3. The third-order valence-corrected chi connectivity index (χ3v) is 6.64. The zero-order chi connectivity index (χ0) is 18.0. The van der Waals surface area contributed by atoms with E-state index < -0.39 is 10.0 Å². The number of nitrogens with two attached hydrogens (primary N) is 1. The van der Waals surface area contributed by atoms with Gasteiger partial charge in [0.2, 0.25) is 15.9 Å². The van der Waals surface area contributed by atoms with E-state index in [9.17, 15) is 13.2 Å². The highest BCUT2D eigenvalue weighted by Crippen LogP contribution is 2.33. The molecule has 1 amide bonds. The fourth-order valence-corrected chi connectivity index (χ4v) is 5.35. The summed E-state index contributed by atoms with van der Waals surface area (Å²) in [5, 5.41) is 4.07. The van der Waals surface area contributed by atoms with Gasteiger partial charge in [0.1, 0.15) is 0 Å².